The summed E-state index contributed by atoms with van der Waals surface area (Å²) in [5, 5.41) is 29.6. The summed E-state index contributed by atoms with van der Waals surface area (Å²) >= 11 is 0. The fraction of sp³-hybridized carbons (Fsp3) is 0.273. The van der Waals surface area contributed by atoms with Crippen LogP contribution in [0.5, 0.6) is 0 Å². The molecule has 0 radical (unpaired) electrons. The van der Waals surface area contributed by atoms with Crippen LogP contribution in [-0.4, -0.2) is 24.2 Å². The summed E-state index contributed by atoms with van der Waals surface area (Å²) in [6.07, 6.45) is 0. The molecule has 0 fully saturated rings. The Morgan fingerprint density at radius 1 is 1.37 bits per heavy atom. The highest BCUT2D eigenvalue weighted by molar-refractivity contribution is 5.74. The standard InChI is InChI=1S/C11H12N4O4/c1-2-19-10(16)7-12-11-13-15(18)9-6-4-3-5-8(9)14(11)17/h3-6H,2,7H2,1H3,(H,12,13). The van der Waals surface area contributed by atoms with Crippen LogP contribution in [0.1, 0.15) is 6.92 Å². The second-order valence-electron chi connectivity index (χ2n) is 3.64. The molecule has 100 valence electrons. The van der Waals surface area contributed by atoms with Gasteiger partial charge in [0, 0.05) is 10.9 Å². The molecule has 0 unspecified atom stereocenters. The van der Waals surface area contributed by atoms with E-state index in [0.29, 0.717) is 9.58 Å². The third-order valence-electron chi connectivity index (χ3n) is 2.38. The zero-order valence-electron chi connectivity index (χ0n) is 10.2. The van der Waals surface area contributed by atoms with E-state index in [9.17, 15) is 15.2 Å². The third-order valence-corrected chi connectivity index (χ3v) is 2.38. The minimum Gasteiger partial charge on any atom is -0.739 e. The molecule has 1 heterocycles. The number of anilines is 1. The lowest BCUT2D eigenvalue weighted by Crippen LogP contribution is -2.44. The van der Waals surface area contributed by atoms with Gasteiger partial charge in [-0.1, -0.05) is 12.1 Å². The molecular formula is C11H12N4O4. The van der Waals surface area contributed by atoms with E-state index in [1.807, 2.05) is 0 Å². The fourth-order valence-corrected chi connectivity index (χ4v) is 1.56. The van der Waals surface area contributed by atoms with Crippen molar-refractivity contribution < 1.29 is 19.1 Å². The van der Waals surface area contributed by atoms with Gasteiger partial charge in [0.1, 0.15) is 0 Å². The first-order chi connectivity index (χ1) is 9.13. The molecule has 0 amide bonds. The summed E-state index contributed by atoms with van der Waals surface area (Å²) < 4.78 is 5.16. The summed E-state index contributed by atoms with van der Waals surface area (Å²) in [5.41, 5.74) is 0.318. The summed E-state index contributed by atoms with van der Waals surface area (Å²) in [6, 6.07) is 6.24. The Labute approximate surface area is 108 Å². The van der Waals surface area contributed by atoms with Crippen molar-refractivity contribution in [3.05, 3.63) is 34.7 Å². The van der Waals surface area contributed by atoms with Gasteiger partial charge in [-0.15, -0.1) is 0 Å². The van der Waals surface area contributed by atoms with E-state index >= 15 is 0 Å². The Morgan fingerprint density at radius 3 is 2.74 bits per heavy atom. The maximum absolute atomic E-state index is 11.9. The first-order valence-electron chi connectivity index (χ1n) is 5.65. The Balaban J connectivity index is 2.29. The average molecular weight is 264 g/mol. The summed E-state index contributed by atoms with van der Waals surface area (Å²) in [5.74, 6) is -0.781. The van der Waals surface area contributed by atoms with E-state index in [0.717, 1.165) is 0 Å². The van der Waals surface area contributed by atoms with Crippen molar-refractivity contribution in [1.82, 2.24) is 5.10 Å². The number of para-hydroxylation sites is 2. The first-order valence-corrected chi connectivity index (χ1v) is 5.65. The molecule has 2 aromatic rings. The van der Waals surface area contributed by atoms with Crippen LogP contribution in [0.3, 0.4) is 0 Å². The van der Waals surface area contributed by atoms with E-state index in [1.165, 1.54) is 12.1 Å². The molecule has 2 rings (SSSR count). The number of benzene rings is 1. The molecule has 1 N–H and O–H groups in total. The minimum absolute atomic E-state index is 0.152. The number of fused-ring (bicyclic) bond motifs is 1. The van der Waals surface area contributed by atoms with Crippen LogP contribution in [0.4, 0.5) is 5.95 Å². The van der Waals surface area contributed by atoms with E-state index in [2.05, 4.69) is 10.4 Å². The third kappa shape index (κ3) is 2.62. The quantitative estimate of drug-likeness (QED) is 0.452. The van der Waals surface area contributed by atoms with Gasteiger partial charge in [0.15, 0.2) is 12.1 Å². The zero-order valence-corrected chi connectivity index (χ0v) is 10.2. The zero-order chi connectivity index (χ0) is 13.8. The first kappa shape index (κ1) is 12.8. The number of ether oxygens (including phenoxy) is 1. The molecule has 0 atom stereocenters. The van der Waals surface area contributed by atoms with Gasteiger partial charge in [-0.2, -0.15) is 0 Å². The Bertz CT molecular complexity index is 617. The van der Waals surface area contributed by atoms with Gasteiger partial charge in [0.2, 0.25) is 5.10 Å². The van der Waals surface area contributed by atoms with Crippen molar-refractivity contribution >= 4 is 23.0 Å². The number of esters is 1. The smallest absolute Gasteiger partial charge is 0.461 e. The molecule has 8 heteroatoms. The van der Waals surface area contributed by atoms with E-state index in [-0.39, 0.29) is 30.1 Å². The lowest BCUT2D eigenvalue weighted by Gasteiger charge is -2.09. The molecule has 0 spiro atoms. The highest BCUT2D eigenvalue weighted by Crippen LogP contribution is 2.05. The number of nitrogens with zero attached hydrogens (tertiary/aromatic N) is 3. The molecule has 1 aromatic heterocycles. The Kier molecular flexibility index (Phi) is 3.60. The highest BCUT2D eigenvalue weighted by Gasteiger charge is 2.20. The average Bonchev–Trinajstić information content (AvgIpc) is 2.42. The summed E-state index contributed by atoms with van der Waals surface area (Å²) in [6.45, 7) is 1.68. The Hall–Kier alpha value is -2.64. The number of aromatic nitrogens is 3. The molecule has 19 heavy (non-hydrogen) atoms. The van der Waals surface area contributed by atoms with Crippen molar-refractivity contribution in [3.63, 3.8) is 0 Å². The minimum atomic E-state index is -0.532. The molecule has 0 saturated heterocycles. The molecule has 1 aromatic carbocycles. The second kappa shape index (κ2) is 5.34. The molecule has 0 aliphatic heterocycles. The summed E-state index contributed by atoms with van der Waals surface area (Å²) in [7, 11) is 0. The molecule has 0 bridgehead atoms. The van der Waals surface area contributed by atoms with Crippen LogP contribution in [0.2, 0.25) is 0 Å². The van der Waals surface area contributed by atoms with Gasteiger partial charge >= 0.3 is 11.9 Å². The number of carbonyl (C=O) groups excluding carboxylic acids is 1. The lowest BCUT2D eigenvalue weighted by atomic mass is 10.3. The fourth-order valence-electron chi connectivity index (χ4n) is 1.56. The molecule has 8 nitrogen and oxygen atoms in total. The number of rotatable bonds is 4. The highest BCUT2D eigenvalue weighted by atomic mass is 16.5. The lowest BCUT2D eigenvalue weighted by molar-refractivity contribution is -0.672. The van der Waals surface area contributed by atoms with Gasteiger partial charge in [0.05, 0.1) is 6.61 Å². The van der Waals surface area contributed by atoms with Crippen molar-refractivity contribution in [3.8, 4) is 0 Å². The van der Waals surface area contributed by atoms with Gasteiger partial charge in [0.25, 0.3) is 5.52 Å². The van der Waals surface area contributed by atoms with Crippen LogP contribution < -0.4 is 14.9 Å². The molecule has 0 aliphatic carbocycles. The normalized spacial score (nSPS) is 10.4. The van der Waals surface area contributed by atoms with Crippen LogP contribution >= 0.6 is 0 Å². The molecular weight excluding hydrogens is 252 g/mol. The van der Waals surface area contributed by atoms with Crippen molar-refractivity contribution in [1.29, 1.82) is 0 Å². The van der Waals surface area contributed by atoms with Crippen LogP contribution in [-0.2, 0) is 9.53 Å². The maximum Gasteiger partial charge on any atom is 0.461 e. The van der Waals surface area contributed by atoms with Crippen molar-refractivity contribution in [2.75, 3.05) is 18.5 Å². The van der Waals surface area contributed by atoms with Crippen molar-refractivity contribution in [2.24, 2.45) is 0 Å². The largest absolute Gasteiger partial charge is 0.739 e. The number of nitrogens with one attached hydrogen (secondary N) is 1. The van der Waals surface area contributed by atoms with Crippen LogP contribution in [0.15, 0.2) is 24.3 Å². The predicted octanol–water partition coefficient (Wildman–Crippen LogP) is -0.523. The van der Waals surface area contributed by atoms with Gasteiger partial charge in [-0.25, -0.2) is 9.52 Å². The van der Waals surface area contributed by atoms with Gasteiger partial charge in [-0.05, 0) is 13.0 Å². The van der Waals surface area contributed by atoms with E-state index < -0.39 is 5.97 Å². The maximum atomic E-state index is 11.9. The second-order valence-corrected chi connectivity index (χ2v) is 3.64. The SMILES string of the molecule is CCOC(=O)CNc1n[n+]([O-])c2ccccc2[n+]1[O-]. The van der Waals surface area contributed by atoms with Crippen LogP contribution in [0.25, 0.3) is 11.0 Å². The van der Waals surface area contributed by atoms with Crippen molar-refractivity contribution in [2.45, 2.75) is 6.92 Å². The van der Waals surface area contributed by atoms with E-state index in [1.54, 1.807) is 19.1 Å². The number of carbonyl (C=O) groups is 1. The topological polar surface area (TPSA) is 105 Å². The number of hydrogen-bond donors (Lipinski definition) is 1. The predicted molar refractivity (Wildman–Crippen MR) is 64.8 cm³/mol. The summed E-state index contributed by atoms with van der Waals surface area (Å²) in [4.78, 5) is 11.5. The molecule has 0 aliphatic rings. The number of hydrogen-bond acceptors (Lipinski definition) is 6. The van der Waals surface area contributed by atoms with E-state index in [4.69, 9.17) is 4.74 Å². The van der Waals surface area contributed by atoms with Crippen LogP contribution in [0, 0.1) is 10.4 Å². The molecule has 0 saturated carbocycles. The van der Waals surface area contributed by atoms with Gasteiger partial charge in [-0.3, -0.25) is 5.32 Å². The Morgan fingerprint density at radius 2 is 2.05 bits per heavy atom. The van der Waals surface area contributed by atoms with Gasteiger partial charge < -0.3 is 15.2 Å². The monoisotopic (exact) mass is 264 g/mol.